The van der Waals surface area contributed by atoms with Crippen molar-refractivity contribution in [3.63, 3.8) is 0 Å². The lowest BCUT2D eigenvalue weighted by Crippen LogP contribution is -2.32. The summed E-state index contributed by atoms with van der Waals surface area (Å²) in [4.78, 5) is 26.1. The highest BCUT2D eigenvalue weighted by Gasteiger charge is 2.30. The molecule has 1 N–H and O–H groups in total. The van der Waals surface area contributed by atoms with Crippen molar-refractivity contribution >= 4 is 70.6 Å². The van der Waals surface area contributed by atoms with Gasteiger partial charge in [-0.05, 0) is 81.0 Å². The van der Waals surface area contributed by atoms with Crippen LogP contribution in [0.2, 0.25) is 0 Å². The number of anilines is 1. The molecule has 2 aliphatic heterocycles. The number of nitrogens with zero attached hydrogens (tertiary/aromatic N) is 3. The summed E-state index contributed by atoms with van der Waals surface area (Å²) in [5, 5.41) is 2.15. The van der Waals surface area contributed by atoms with Crippen molar-refractivity contribution in [2.24, 2.45) is 0 Å². The second kappa shape index (κ2) is 11.6. The van der Waals surface area contributed by atoms with Gasteiger partial charge in [0.15, 0.2) is 0 Å². The maximum absolute atomic E-state index is 13.3. The molecule has 1 saturated heterocycles. The van der Waals surface area contributed by atoms with Crippen LogP contribution in [0.25, 0.3) is 33.2 Å². The Labute approximate surface area is 224 Å². The minimum Gasteiger partial charge on any atom is -0.338 e. The van der Waals surface area contributed by atoms with Crippen molar-refractivity contribution in [2.75, 3.05) is 31.1 Å². The maximum Gasteiger partial charge on any atom is 0.258 e. The van der Waals surface area contributed by atoms with Gasteiger partial charge in [0.2, 0.25) is 0 Å². The van der Waals surface area contributed by atoms with Crippen LogP contribution in [-0.2, 0) is 0 Å². The van der Waals surface area contributed by atoms with Crippen molar-refractivity contribution in [2.45, 2.75) is 32.1 Å². The number of imidazole rings is 1. The first-order chi connectivity index (χ1) is 15.8. The molecule has 0 aliphatic carbocycles. The number of unbranched alkanes of at least 4 members (excludes halogenated alkanes) is 1. The Kier molecular flexibility index (Phi) is 9.05. The van der Waals surface area contributed by atoms with E-state index in [0.29, 0.717) is 0 Å². The monoisotopic (exact) mass is 532 g/mol. The molecule has 4 aromatic rings. The lowest BCUT2D eigenvalue weighted by Gasteiger charge is -2.26. The summed E-state index contributed by atoms with van der Waals surface area (Å²) >= 11 is 0. The van der Waals surface area contributed by atoms with Crippen molar-refractivity contribution in [3.05, 3.63) is 60.2 Å². The number of piperidine rings is 1. The molecule has 0 atom stereocenters. The van der Waals surface area contributed by atoms with E-state index in [1.54, 1.807) is 0 Å². The van der Waals surface area contributed by atoms with E-state index >= 15 is 0 Å². The Morgan fingerprint density at radius 3 is 2.37 bits per heavy atom. The van der Waals surface area contributed by atoms with E-state index in [9.17, 15) is 4.79 Å². The van der Waals surface area contributed by atoms with Crippen LogP contribution in [-0.4, -0.2) is 47.0 Å². The summed E-state index contributed by atoms with van der Waals surface area (Å²) in [5.74, 6) is 0.979. The Hall–Kier alpha value is -2.31. The highest BCUT2D eigenvalue weighted by molar-refractivity contribution is 6.26. The van der Waals surface area contributed by atoms with Gasteiger partial charge in [-0.1, -0.05) is 30.7 Å². The number of aromatic nitrogens is 2. The van der Waals surface area contributed by atoms with E-state index < -0.39 is 0 Å². The Morgan fingerprint density at radius 1 is 0.800 bits per heavy atom. The molecule has 3 heterocycles. The van der Waals surface area contributed by atoms with Crippen LogP contribution >= 0.6 is 37.2 Å². The fourth-order valence-corrected chi connectivity index (χ4v) is 5.34. The van der Waals surface area contributed by atoms with E-state index in [1.165, 1.54) is 32.4 Å². The number of H-pyrrole nitrogens is 1. The molecule has 35 heavy (non-hydrogen) atoms. The quantitative estimate of drug-likeness (QED) is 0.275. The number of benzene rings is 3. The number of carbonyl (C=O) groups is 1. The molecule has 0 unspecified atom stereocenters. The molecule has 5 nitrogen and oxygen atoms in total. The maximum atomic E-state index is 13.3. The lowest BCUT2D eigenvalue weighted by molar-refractivity contribution is 0.0992. The molecular weight excluding hydrogens is 503 g/mol. The zero-order valence-electron chi connectivity index (χ0n) is 19.5. The highest BCUT2D eigenvalue weighted by Crippen LogP contribution is 2.41. The Bertz CT molecular complexity index is 1280. The topological polar surface area (TPSA) is 52.2 Å². The zero-order chi connectivity index (χ0) is 21.5. The van der Waals surface area contributed by atoms with Gasteiger partial charge in [-0.3, -0.25) is 4.79 Å². The fourth-order valence-electron chi connectivity index (χ4n) is 5.34. The van der Waals surface area contributed by atoms with Gasteiger partial charge in [0.05, 0.1) is 16.7 Å². The minimum atomic E-state index is 0. The van der Waals surface area contributed by atoms with Crippen LogP contribution in [0.4, 0.5) is 5.69 Å². The molecule has 0 spiro atoms. The summed E-state index contributed by atoms with van der Waals surface area (Å²) in [6.07, 6.45) is 6.20. The van der Waals surface area contributed by atoms with Crippen molar-refractivity contribution in [3.8, 4) is 11.4 Å². The third-order valence-electron chi connectivity index (χ3n) is 6.98. The third kappa shape index (κ3) is 5.01. The number of hydrogen-bond acceptors (Lipinski definition) is 3. The van der Waals surface area contributed by atoms with Crippen LogP contribution < -0.4 is 4.90 Å². The molecular formula is C27H31Cl3N4O. The van der Waals surface area contributed by atoms with Crippen LogP contribution in [0, 0.1) is 0 Å². The van der Waals surface area contributed by atoms with Gasteiger partial charge in [-0.25, -0.2) is 4.98 Å². The highest BCUT2D eigenvalue weighted by atomic mass is 35.5. The fraction of sp³-hybridized carbons (Fsp3) is 0.333. The SMILES string of the molecule is Cl.Cl.Cl.O=C1c2cccc3c(-c4nc5ccccc5[nH]4)ccc(c23)N1CCCCN1CCCCC1. The molecule has 2 aliphatic rings. The molecule has 0 bridgehead atoms. The molecule has 6 rings (SSSR count). The lowest BCUT2D eigenvalue weighted by atomic mass is 10.00. The Balaban J connectivity index is 0.00000114. The van der Waals surface area contributed by atoms with Crippen LogP contribution in [0.1, 0.15) is 42.5 Å². The third-order valence-corrected chi connectivity index (χ3v) is 6.98. The van der Waals surface area contributed by atoms with Crippen molar-refractivity contribution in [1.29, 1.82) is 0 Å². The number of carbonyl (C=O) groups excluding carboxylic acids is 1. The smallest absolute Gasteiger partial charge is 0.258 e. The summed E-state index contributed by atoms with van der Waals surface area (Å²) < 4.78 is 0. The van der Waals surface area contributed by atoms with Gasteiger partial charge in [0.25, 0.3) is 5.91 Å². The number of amides is 1. The minimum absolute atomic E-state index is 0. The predicted octanol–water partition coefficient (Wildman–Crippen LogP) is 6.87. The van der Waals surface area contributed by atoms with Gasteiger partial charge in [0.1, 0.15) is 5.82 Å². The van der Waals surface area contributed by atoms with Crippen LogP contribution in [0.15, 0.2) is 54.6 Å². The van der Waals surface area contributed by atoms with E-state index in [0.717, 1.165) is 70.4 Å². The van der Waals surface area contributed by atoms with Gasteiger partial charge in [-0.15, -0.1) is 37.2 Å². The number of para-hydroxylation sites is 2. The first kappa shape index (κ1) is 27.3. The van der Waals surface area contributed by atoms with Gasteiger partial charge >= 0.3 is 0 Å². The average Bonchev–Trinajstić information content (AvgIpc) is 3.38. The van der Waals surface area contributed by atoms with E-state index in [-0.39, 0.29) is 43.1 Å². The number of fused-ring (bicyclic) bond motifs is 1. The van der Waals surface area contributed by atoms with E-state index in [2.05, 4.69) is 28.1 Å². The van der Waals surface area contributed by atoms with Crippen molar-refractivity contribution in [1.82, 2.24) is 14.9 Å². The first-order valence-electron chi connectivity index (χ1n) is 11.8. The second-order valence-electron chi connectivity index (χ2n) is 9.03. The van der Waals surface area contributed by atoms with Gasteiger partial charge in [0, 0.05) is 23.1 Å². The average molecular weight is 534 g/mol. The first-order valence-corrected chi connectivity index (χ1v) is 11.8. The van der Waals surface area contributed by atoms with Crippen LogP contribution in [0.5, 0.6) is 0 Å². The number of rotatable bonds is 6. The molecule has 0 radical (unpaired) electrons. The number of halogens is 3. The summed E-state index contributed by atoms with van der Waals surface area (Å²) in [6.45, 7) is 4.39. The normalized spacial score (nSPS) is 15.1. The van der Waals surface area contributed by atoms with Gasteiger partial charge in [-0.2, -0.15) is 0 Å². The molecule has 3 aromatic carbocycles. The molecule has 0 saturated carbocycles. The Morgan fingerprint density at radius 2 is 1.57 bits per heavy atom. The standard InChI is InChI=1S/C27H28N4O.3ClH/c32-27-21-10-8-9-19-20(26-28-22-11-2-3-12-23(22)29-26)13-14-24(25(19)21)31(27)18-7-6-17-30-15-4-1-5-16-30;;;/h2-3,8-14H,1,4-7,15-18H2,(H,28,29);3*1H. The molecule has 186 valence electrons. The zero-order valence-corrected chi connectivity index (χ0v) is 22.0. The summed E-state index contributed by atoms with van der Waals surface area (Å²) in [5.41, 5.74) is 4.88. The largest absolute Gasteiger partial charge is 0.338 e. The number of hydrogen-bond donors (Lipinski definition) is 1. The predicted molar refractivity (Wildman–Crippen MR) is 152 cm³/mol. The summed E-state index contributed by atoms with van der Waals surface area (Å²) in [6, 6.07) is 18.4. The van der Waals surface area contributed by atoms with Gasteiger partial charge < -0.3 is 14.8 Å². The van der Waals surface area contributed by atoms with Crippen LogP contribution in [0.3, 0.4) is 0 Å². The van der Waals surface area contributed by atoms with E-state index in [1.807, 2.05) is 41.3 Å². The number of aromatic amines is 1. The second-order valence-corrected chi connectivity index (χ2v) is 9.03. The summed E-state index contributed by atoms with van der Waals surface area (Å²) in [7, 11) is 0. The number of likely N-dealkylation sites (tertiary alicyclic amines) is 1. The van der Waals surface area contributed by atoms with Crippen molar-refractivity contribution < 1.29 is 4.79 Å². The molecule has 1 aromatic heterocycles. The number of nitrogens with one attached hydrogen (secondary N) is 1. The molecule has 1 fully saturated rings. The molecule has 1 amide bonds. The molecule has 8 heteroatoms. The van der Waals surface area contributed by atoms with E-state index in [4.69, 9.17) is 4.98 Å².